The molecule has 0 radical (unpaired) electrons. The molecule has 0 spiro atoms. The molecule has 3 aromatic rings. The van der Waals surface area contributed by atoms with Crippen LogP contribution in [0.25, 0.3) is 11.3 Å². The van der Waals surface area contributed by atoms with Gasteiger partial charge in [0.25, 0.3) is 0 Å². The van der Waals surface area contributed by atoms with Crippen molar-refractivity contribution < 1.29 is 9.30 Å². The number of ether oxygens (including phenoxy) is 1. The van der Waals surface area contributed by atoms with Crippen molar-refractivity contribution in [3.63, 3.8) is 0 Å². The average Bonchev–Trinajstić information content (AvgIpc) is 2.53. The fraction of sp³-hybridized carbons (Fsp3) is 0.105. The van der Waals surface area contributed by atoms with Gasteiger partial charge in [-0.25, -0.2) is 4.57 Å². The lowest BCUT2D eigenvalue weighted by Crippen LogP contribution is -2.30. The average molecular weight is 306 g/mol. The van der Waals surface area contributed by atoms with E-state index in [0.717, 1.165) is 11.5 Å². The Balaban J connectivity index is 1.84. The van der Waals surface area contributed by atoms with E-state index in [9.17, 15) is 0 Å². The molecule has 0 amide bonds. The number of aromatic nitrogens is 1. The largest absolute Gasteiger partial charge is 0.455 e. The van der Waals surface area contributed by atoms with Crippen molar-refractivity contribution in [3.8, 4) is 22.8 Å². The van der Waals surface area contributed by atoms with Gasteiger partial charge in [-0.15, -0.1) is 0 Å². The third-order valence-corrected chi connectivity index (χ3v) is 5.01. The van der Waals surface area contributed by atoms with Crippen LogP contribution in [-0.2, 0) is 7.05 Å². The maximum atomic E-state index is 6.05. The summed E-state index contributed by atoms with van der Waals surface area (Å²) in [4.78, 5) is 2.34. The van der Waals surface area contributed by atoms with Gasteiger partial charge in [-0.3, -0.25) is 0 Å². The maximum absolute atomic E-state index is 6.05. The van der Waals surface area contributed by atoms with Crippen LogP contribution in [0, 0.1) is 6.92 Å². The van der Waals surface area contributed by atoms with Crippen molar-refractivity contribution in [2.75, 3.05) is 0 Å². The van der Waals surface area contributed by atoms with E-state index >= 15 is 0 Å². The molecule has 0 bridgehead atoms. The molecule has 0 unspecified atom stereocenters. The van der Waals surface area contributed by atoms with Crippen LogP contribution in [0.1, 0.15) is 5.56 Å². The van der Waals surface area contributed by atoms with E-state index in [0.29, 0.717) is 0 Å². The van der Waals surface area contributed by atoms with Crippen LogP contribution in [0.15, 0.2) is 70.6 Å². The molecular formula is C19H16NOS+. The number of hydrogen-bond acceptors (Lipinski definition) is 2. The van der Waals surface area contributed by atoms with Crippen LogP contribution >= 0.6 is 11.8 Å². The minimum atomic E-state index is 0.942. The Hall–Kier alpha value is -2.26. The topological polar surface area (TPSA) is 13.1 Å². The lowest BCUT2D eigenvalue weighted by atomic mass is 10.0. The van der Waals surface area contributed by atoms with Gasteiger partial charge in [0.05, 0.1) is 15.4 Å². The van der Waals surface area contributed by atoms with Crippen molar-refractivity contribution in [1.82, 2.24) is 0 Å². The molecule has 0 aliphatic carbocycles. The van der Waals surface area contributed by atoms with Gasteiger partial charge < -0.3 is 4.74 Å². The summed E-state index contributed by atoms with van der Waals surface area (Å²) >= 11 is 1.77. The fourth-order valence-corrected chi connectivity index (χ4v) is 3.73. The number of rotatable bonds is 1. The highest BCUT2D eigenvalue weighted by Crippen LogP contribution is 2.48. The number of benzene rings is 2. The van der Waals surface area contributed by atoms with E-state index in [1.807, 2.05) is 24.3 Å². The Morgan fingerprint density at radius 1 is 0.909 bits per heavy atom. The summed E-state index contributed by atoms with van der Waals surface area (Å²) < 4.78 is 8.20. The Morgan fingerprint density at radius 2 is 1.73 bits per heavy atom. The van der Waals surface area contributed by atoms with E-state index in [-0.39, 0.29) is 0 Å². The first-order chi connectivity index (χ1) is 10.7. The Bertz CT molecular complexity index is 873. The van der Waals surface area contributed by atoms with Crippen molar-refractivity contribution in [2.24, 2.45) is 7.05 Å². The second kappa shape index (κ2) is 5.18. The third-order valence-electron chi connectivity index (χ3n) is 3.91. The quantitative estimate of drug-likeness (QED) is 0.471. The van der Waals surface area contributed by atoms with Crippen LogP contribution in [-0.4, -0.2) is 0 Å². The van der Waals surface area contributed by atoms with Crippen LogP contribution in [0.5, 0.6) is 11.5 Å². The summed E-state index contributed by atoms with van der Waals surface area (Å²) in [6.07, 6.45) is 2.08. The molecule has 22 heavy (non-hydrogen) atoms. The fourth-order valence-electron chi connectivity index (χ4n) is 2.76. The molecule has 2 heterocycles. The van der Waals surface area contributed by atoms with Gasteiger partial charge >= 0.3 is 0 Å². The first-order valence-corrected chi connectivity index (χ1v) is 8.08. The summed E-state index contributed by atoms with van der Waals surface area (Å²) in [5, 5.41) is 0. The van der Waals surface area contributed by atoms with Gasteiger partial charge in [0.1, 0.15) is 18.5 Å². The standard InChI is InChI=1S/C19H16NOS/c1-13-11-17-19(22-18-9-4-3-8-16(18)21-17)12-14(13)15-7-5-6-10-20(15)2/h3-12H,1-2H3/q+1. The third kappa shape index (κ3) is 2.18. The number of hydrogen-bond donors (Lipinski definition) is 0. The van der Waals surface area contributed by atoms with Crippen molar-refractivity contribution in [3.05, 3.63) is 66.4 Å². The maximum Gasteiger partial charge on any atom is 0.212 e. The second-order valence-corrected chi connectivity index (χ2v) is 6.55. The molecule has 0 N–H and O–H groups in total. The monoisotopic (exact) mass is 306 g/mol. The van der Waals surface area contributed by atoms with Gasteiger partial charge in [-0.2, -0.15) is 0 Å². The molecule has 3 heteroatoms. The Morgan fingerprint density at radius 3 is 2.59 bits per heavy atom. The summed E-state index contributed by atoms with van der Waals surface area (Å²) in [6.45, 7) is 2.14. The minimum Gasteiger partial charge on any atom is -0.455 e. The molecule has 0 saturated carbocycles. The van der Waals surface area contributed by atoms with E-state index in [1.54, 1.807) is 11.8 Å². The number of para-hydroxylation sites is 1. The predicted molar refractivity (Wildman–Crippen MR) is 88.4 cm³/mol. The van der Waals surface area contributed by atoms with Crippen molar-refractivity contribution in [2.45, 2.75) is 16.7 Å². The minimum absolute atomic E-state index is 0.942. The lowest BCUT2D eigenvalue weighted by Gasteiger charge is -2.20. The number of pyridine rings is 1. The number of nitrogens with zero attached hydrogens (tertiary/aromatic N) is 1. The highest BCUT2D eigenvalue weighted by molar-refractivity contribution is 7.99. The van der Waals surface area contributed by atoms with Crippen LogP contribution in [0.2, 0.25) is 0 Å². The molecule has 1 aromatic heterocycles. The molecule has 4 rings (SSSR count). The molecule has 0 atom stereocenters. The van der Waals surface area contributed by atoms with Gasteiger partial charge in [0.15, 0.2) is 6.20 Å². The molecule has 0 fully saturated rings. The van der Waals surface area contributed by atoms with Crippen LogP contribution < -0.4 is 9.30 Å². The Labute approximate surface area is 134 Å². The van der Waals surface area contributed by atoms with Crippen molar-refractivity contribution in [1.29, 1.82) is 0 Å². The normalized spacial score (nSPS) is 12.3. The zero-order valence-corrected chi connectivity index (χ0v) is 13.4. The van der Waals surface area contributed by atoms with Gasteiger partial charge in [0.2, 0.25) is 5.69 Å². The summed E-state index contributed by atoms with van der Waals surface area (Å²) in [5.74, 6) is 1.89. The van der Waals surface area contributed by atoms with Crippen molar-refractivity contribution >= 4 is 11.8 Å². The van der Waals surface area contributed by atoms with Gasteiger partial charge in [0, 0.05) is 12.1 Å². The molecular weight excluding hydrogens is 290 g/mol. The first kappa shape index (κ1) is 13.4. The molecule has 1 aliphatic rings. The highest BCUT2D eigenvalue weighted by atomic mass is 32.2. The molecule has 1 aliphatic heterocycles. The number of aryl methyl sites for hydroxylation is 2. The van der Waals surface area contributed by atoms with E-state index in [4.69, 9.17) is 4.74 Å². The van der Waals surface area contributed by atoms with Gasteiger partial charge in [-0.05, 0) is 42.8 Å². The van der Waals surface area contributed by atoms with Crippen LogP contribution in [0.3, 0.4) is 0 Å². The predicted octanol–water partition coefficient (Wildman–Crippen LogP) is 4.74. The van der Waals surface area contributed by atoms with E-state index < -0.39 is 0 Å². The summed E-state index contributed by atoms with van der Waals surface area (Å²) in [6, 6.07) is 18.8. The molecule has 2 aromatic carbocycles. The summed E-state index contributed by atoms with van der Waals surface area (Å²) in [5.41, 5.74) is 3.68. The first-order valence-electron chi connectivity index (χ1n) is 7.27. The lowest BCUT2D eigenvalue weighted by molar-refractivity contribution is -0.660. The Kier molecular flexibility index (Phi) is 3.16. The second-order valence-electron chi connectivity index (χ2n) is 5.46. The SMILES string of the molecule is Cc1cc2c(cc1-c1cccc[n+]1C)Sc1ccccc1O2. The number of fused-ring (bicyclic) bond motifs is 2. The molecule has 108 valence electrons. The highest BCUT2D eigenvalue weighted by Gasteiger charge is 2.21. The zero-order chi connectivity index (χ0) is 15.1. The molecule has 2 nitrogen and oxygen atoms in total. The van der Waals surface area contributed by atoms with E-state index in [1.165, 1.54) is 26.6 Å². The molecule has 0 saturated heterocycles. The van der Waals surface area contributed by atoms with Gasteiger partial charge in [-0.1, -0.05) is 23.9 Å². The zero-order valence-electron chi connectivity index (χ0n) is 12.5. The van der Waals surface area contributed by atoms with Crippen LogP contribution in [0.4, 0.5) is 0 Å². The van der Waals surface area contributed by atoms with E-state index in [2.05, 4.69) is 55.1 Å². The smallest absolute Gasteiger partial charge is 0.212 e. The summed E-state index contributed by atoms with van der Waals surface area (Å²) in [7, 11) is 2.08.